The van der Waals surface area contributed by atoms with Crippen molar-refractivity contribution in [1.29, 1.82) is 0 Å². The molecule has 0 bridgehead atoms. The summed E-state index contributed by atoms with van der Waals surface area (Å²) in [4.78, 5) is 4.22. The molecular weight excluding hydrogens is 198 g/mol. The van der Waals surface area contributed by atoms with Crippen molar-refractivity contribution in [1.82, 2.24) is 10.6 Å². The van der Waals surface area contributed by atoms with Crippen LogP contribution in [-0.4, -0.2) is 26.1 Å². The van der Waals surface area contributed by atoms with Crippen molar-refractivity contribution < 1.29 is 0 Å². The van der Waals surface area contributed by atoms with E-state index >= 15 is 0 Å². The molecule has 0 radical (unpaired) electrons. The zero-order valence-electron chi connectivity index (χ0n) is 11.3. The Kier molecular flexibility index (Phi) is 5.10. The van der Waals surface area contributed by atoms with Crippen molar-refractivity contribution in [2.45, 2.75) is 46.5 Å². The Bertz CT molecular complexity index is 224. The molecule has 3 heteroatoms. The largest absolute Gasteiger partial charge is 0.356 e. The average molecular weight is 225 g/mol. The molecule has 1 rings (SSSR count). The lowest BCUT2D eigenvalue weighted by Gasteiger charge is -2.18. The lowest BCUT2D eigenvalue weighted by atomic mass is 9.91. The molecule has 16 heavy (non-hydrogen) atoms. The summed E-state index contributed by atoms with van der Waals surface area (Å²) in [6.07, 6.45) is 5.22. The number of nitrogens with zero attached hydrogens (tertiary/aromatic N) is 1. The molecule has 0 aliphatic heterocycles. The van der Waals surface area contributed by atoms with Gasteiger partial charge in [0.1, 0.15) is 0 Å². The molecule has 2 N–H and O–H groups in total. The van der Waals surface area contributed by atoms with Crippen LogP contribution in [-0.2, 0) is 0 Å². The molecule has 1 aliphatic rings. The first-order valence-electron chi connectivity index (χ1n) is 6.46. The maximum Gasteiger partial charge on any atom is 0.190 e. The van der Waals surface area contributed by atoms with E-state index in [2.05, 4.69) is 36.4 Å². The third-order valence-corrected chi connectivity index (χ3v) is 2.87. The van der Waals surface area contributed by atoms with Crippen molar-refractivity contribution in [3.63, 3.8) is 0 Å². The molecule has 0 aromatic rings. The Morgan fingerprint density at radius 1 is 1.25 bits per heavy atom. The van der Waals surface area contributed by atoms with E-state index < -0.39 is 0 Å². The smallest absolute Gasteiger partial charge is 0.190 e. The van der Waals surface area contributed by atoms with Crippen LogP contribution in [0.1, 0.15) is 46.5 Å². The van der Waals surface area contributed by atoms with Crippen LogP contribution < -0.4 is 10.6 Å². The fourth-order valence-corrected chi connectivity index (χ4v) is 1.61. The highest BCUT2D eigenvalue weighted by molar-refractivity contribution is 5.79. The summed E-state index contributed by atoms with van der Waals surface area (Å²) in [7, 11) is 1.84. The van der Waals surface area contributed by atoms with Crippen LogP contribution in [0.25, 0.3) is 0 Å². The van der Waals surface area contributed by atoms with Gasteiger partial charge < -0.3 is 10.6 Å². The molecule has 0 aromatic heterocycles. The highest BCUT2D eigenvalue weighted by atomic mass is 15.2. The standard InChI is InChI=1S/C13H27N3/c1-13(2,3)8-5-9-15-12(14-4)16-10-11-6-7-11/h11H,5-10H2,1-4H3,(H2,14,15,16). The molecule has 1 fully saturated rings. The van der Waals surface area contributed by atoms with Crippen LogP contribution in [0.2, 0.25) is 0 Å². The van der Waals surface area contributed by atoms with Gasteiger partial charge in [0, 0.05) is 20.1 Å². The molecule has 0 spiro atoms. The van der Waals surface area contributed by atoms with E-state index in [1.807, 2.05) is 7.05 Å². The van der Waals surface area contributed by atoms with Gasteiger partial charge in [0.25, 0.3) is 0 Å². The summed E-state index contributed by atoms with van der Waals surface area (Å²) in [6.45, 7) is 8.95. The molecule has 3 nitrogen and oxygen atoms in total. The summed E-state index contributed by atoms with van der Waals surface area (Å²) >= 11 is 0. The number of guanidine groups is 1. The highest BCUT2D eigenvalue weighted by Gasteiger charge is 2.20. The van der Waals surface area contributed by atoms with Crippen molar-refractivity contribution in [3.8, 4) is 0 Å². The van der Waals surface area contributed by atoms with Gasteiger partial charge in [0.05, 0.1) is 0 Å². The van der Waals surface area contributed by atoms with Crippen molar-refractivity contribution in [2.75, 3.05) is 20.1 Å². The lowest BCUT2D eigenvalue weighted by molar-refractivity contribution is 0.365. The van der Waals surface area contributed by atoms with Gasteiger partial charge in [-0.25, -0.2) is 0 Å². The van der Waals surface area contributed by atoms with Gasteiger partial charge in [-0.2, -0.15) is 0 Å². The molecule has 0 aromatic carbocycles. The van der Waals surface area contributed by atoms with E-state index in [-0.39, 0.29) is 0 Å². The number of nitrogens with one attached hydrogen (secondary N) is 2. The number of hydrogen-bond acceptors (Lipinski definition) is 1. The minimum atomic E-state index is 0.437. The second kappa shape index (κ2) is 6.12. The number of aliphatic imine (C=N–C) groups is 1. The second-order valence-corrected chi connectivity index (χ2v) is 5.99. The van der Waals surface area contributed by atoms with Gasteiger partial charge in [0.2, 0.25) is 0 Å². The van der Waals surface area contributed by atoms with Gasteiger partial charge >= 0.3 is 0 Å². The summed E-state index contributed by atoms with van der Waals surface area (Å²) in [5.74, 6) is 1.86. The first-order valence-corrected chi connectivity index (χ1v) is 6.46. The Morgan fingerprint density at radius 3 is 2.44 bits per heavy atom. The molecule has 0 unspecified atom stereocenters. The summed E-state index contributed by atoms with van der Waals surface area (Å²) in [6, 6.07) is 0. The normalized spacial score (nSPS) is 17.4. The fourth-order valence-electron chi connectivity index (χ4n) is 1.61. The van der Waals surface area contributed by atoms with Crippen LogP contribution in [0.15, 0.2) is 4.99 Å². The van der Waals surface area contributed by atoms with E-state index in [0.717, 1.165) is 25.0 Å². The van der Waals surface area contributed by atoms with Gasteiger partial charge in [-0.05, 0) is 37.0 Å². The zero-order chi connectivity index (χ0) is 12.0. The van der Waals surface area contributed by atoms with E-state index in [1.54, 1.807) is 0 Å². The molecule has 1 aliphatic carbocycles. The van der Waals surface area contributed by atoms with E-state index in [9.17, 15) is 0 Å². The molecular formula is C13H27N3. The van der Waals surface area contributed by atoms with Crippen LogP contribution in [0, 0.1) is 11.3 Å². The summed E-state index contributed by atoms with van der Waals surface area (Å²) in [5.41, 5.74) is 0.437. The molecule has 0 heterocycles. The number of rotatable bonds is 5. The van der Waals surface area contributed by atoms with Crippen molar-refractivity contribution in [3.05, 3.63) is 0 Å². The molecule has 94 valence electrons. The predicted molar refractivity (Wildman–Crippen MR) is 70.8 cm³/mol. The third-order valence-electron chi connectivity index (χ3n) is 2.87. The minimum Gasteiger partial charge on any atom is -0.356 e. The van der Waals surface area contributed by atoms with Crippen molar-refractivity contribution in [2.24, 2.45) is 16.3 Å². The van der Waals surface area contributed by atoms with Gasteiger partial charge in [-0.3, -0.25) is 4.99 Å². The monoisotopic (exact) mass is 225 g/mol. The first kappa shape index (κ1) is 13.3. The van der Waals surface area contributed by atoms with Crippen LogP contribution >= 0.6 is 0 Å². The van der Waals surface area contributed by atoms with Gasteiger partial charge in [-0.15, -0.1) is 0 Å². The van der Waals surface area contributed by atoms with Crippen LogP contribution in [0.4, 0.5) is 0 Å². The van der Waals surface area contributed by atoms with Crippen molar-refractivity contribution >= 4 is 5.96 Å². The Hall–Kier alpha value is -0.730. The lowest BCUT2D eigenvalue weighted by Crippen LogP contribution is -2.38. The van der Waals surface area contributed by atoms with Crippen LogP contribution in [0.5, 0.6) is 0 Å². The highest BCUT2D eigenvalue weighted by Crippen LogP contribution is 2.27. The molecule has 1 saturated carbocycles. The van der Waals surface area contributed by atoms with Gasteiger partial charge in [-0.1, -0.05) is 20.8 Å². The maximum atomic E-state index is 4.22. The fraction of sp³-hybridized carbons (Fsp3) is 0.923. The molecule has 0 atom stereocenters. The zero-order valence-corrected chi connectivity index (χ0v) is 11.3. The predicted octanol–water partition coefficient (Wildman–Crippen LogP) is 2.39. The minimum absolute atomic E-state index is 0.437. The third kappa shape index (κ3) is 6.70. The second-order valence-electron chi connectivity index (χ2n) is 5.99. The summed E-state index contributed by atoms with van der Waals surface area (Å²) < 4.78 is 0. The van der Waals surface area contributed by atoms with E-state index in [4.69, 9.17) is 0 Å². The van der Waals surface area contributed by atoms with Crippen LogP contribution in [0.3, 0.4) is 0 Å². The van der Waals surface area contributed by atoms with E-state index in [0.29, 0.717) is 5.41 Å². The van der Waals surface area contributed by atoms with E-state index in [1.165, 1.54) is 25.7 Å². The molecule has 0 saturated heterocycles. The average Bonchev–Trinajstić information content (AvgIpc) is 2.99. The molecule has 0 amide bonds. The topological polar surface area (TPSA) is 36.4 Å². The Morgan fingerprint density at radius 2 is 1.94 bits per heavy atom. The van der Waals surface area contributed by atoms with Gasteiger partial charge in [0.15, 0.2) is 5.96 Å². The first-order chi connectivity index (χ1) is 7.51. The Labute approximate surface area is 100 Å². The summed E-state index contributed by atoms with van der Waals surface area (Å²) in [5, 5.41) is 6.73. The SMILES string of the molecule is CN=C(NCCCC(C)(C)C)NCC1CC1. The quantitative estimate of drug-likeness (QED) is 0.428. The Balaban J connectivity index is 2.04. The maximum absolute atomic E-state index is 4.22. The number of hydrogen-bond donors (Lipinski definition) is 2.